The van der Waals surface area contributed by atoms with E-state index >= 15 is 0 Å². The van der Waals surface area contributed by atoms with Crippen molar-refractivity contribution in [2.24, 2.45) is 0 Å². The van der Waals surface area contributed by atoms with Gasteiger partial charge in [-0.1, -0.05) is 18.2 Å². The molecule has 0 aliphatic carbocycles. The van der Waals surface area contributed by atoms with E-state index in [1.807, 2.05) is 24.3 Å². The highest BCUT2D eigenvalue weighted by atomic mass is 16.5. The summed E-state index contributed by atoms with van der Waals surface area (Å²) in [7, 11) is 1.67. The van der Waals surface area contributed by atoms with Crippen molar-refractivity contribution in [3.05, 3.63) is 58.7 Å². The lowest BCUT2D eigenvalue weighted by atomic mass is 10.0. The lowest BCUT2D eigenvalue weighted by Gasteiger charge is -2.30. The van der Waals surface area contributed by atoms with Crippen molar-refractivity contribution < 1.29 is 19.4 Å². The second kappa shape index (κ2) is 8.23. The molecular formula is C23H29NO4. The summed E-state index contributed by atoms with van der Waals surface area (Å²) in [5.41, 5.74) is 4.31. The van der Waals surface area contributed by atoms with Gasteiger partial charge in [0, 0.05) is 31.6 Å². The van der Waals surface area contributed by atoms with Gasteiger partial charge < -0.3 is 14.6 Å². The van der Waals surface area contributed by atoms with Crippen LogP contribution in [-0.4, -0.2) is 35.2 Å². The fourth-order valence-electron chi connectivity index (χ4n) is 3.73. The number of hydrogen-bond donors (Lipinski definition) is 1. The molecule has 0 saturated carbocycles. The molecule has 0 amide bonds. The smallest absolute Gasteiger partial charge is 0.303 e. The molecule has 0 aromatic heterocycles. The maximum atomic E-state index is 10.9. The van der Waals surface area contributed by atoms with Crippen molar-refractivity contribution in [2.45, 2.75) is 52.3 Å². The van der Waals surface area contributed by atoms with Crippen LogP contribution < -0.4 is 9.47 Å². The van der Waals surface area contributed by atoms with Crippen molar-refractivity contribution in [3.8, 4) is 11.5 Å². The van der Waals surface area contributed by atoms with E-state index in [4.69, 9.17) is 14.6 Å². The first kappa shape index (κ1) is 20.2. The highest BCUT2D eigenvalue weighted by molar-refractivity contribution is 5.67. The Morgan fingerprint density at radius 3 is 2.75 bits per heavy atom. The van der Waals surface area contributed by atoms with Gasteiger partial charge >= 0.3 is 5.97 Å². The number of rotatable bonds is 6. The Balaban J connectivity index is 1.84. The maximum absolute atomic E-state index is 10.9. The first-order valence-electron chi connectivity index (χ1n) is 9.64. The van der Waals surface area contributed by atoms with E-state index in [1.165, 1.54) is 11.1 Å². The minimum absolute atomic E-state index is 0.153. The Kier molecular flexibility index (Phi) is 5.94. The number of carbonyl (C=O) groups is 1. The van der Waals surface area contributed by atoms with Gasteiger partial charge in [-0.2, -0.15) is 0 Å². The Labute approximate surface area is 166 Å². The lowest BCUT2D eigenvalue weighted by Crippen LogP contribution is -2.40. The molecule has 0 fully saturated rings. The number of aliphatic carboxylic acids is 1. The fourth-order valence-corrected chi connectivity index (χ4v) is 3.73. The topological polar surface area (TPSA) is 59.0 Å². The molecule has 0 bridgehead atoms. The van der Waals surface area contributed by atoms with Gasteiger partial charge in [0.25, 0.3) is 0 Å². The Morgan fingerprint density at radius 1 is 1.25 bits per heavy atom. The lowest BCUT2D eigenvalue weighted by molar-refractivity contribution is -0.136. The predicted octanol–water partition coefficient (Wildman–Crippen LogP) is 4.19. The summed E-state index contributed by atoms with van der Waals surface area (Å²) in [6, 6.07) is 12.2. The van der Waals surface area contributed by atoms with Crippen LogP contribution in [0.5, 0.6) is 11.5 Å². The minimum Gasteiger partial charge on any atom is -0.497 e. The standard InChI is InChI=1S/C23H29NO4/c1-16-5-6-17(7-10-22(25)26)11-18(16)13-24-14-19-12-20(27-4)8-9-21(19)28-23(2,3)15-24/h5-6,8-9,11-12H,7,10,13-15H2,1-4H3,(H,25,26). The minimum atomic E-state index is -0.765. The van der Waals surface area contributed by atoms with Gasteiger partial charge in [-0.15, -0.1) is 0 Å². The van der Waals surface area contributed by atoms with Crippen LogP contribution in [0.4, 0.5) is 0 Å². The summed E-state index contributed by atoms with van der Waals surface area (Å²) in [5.74, 6) is 0.966. The largest absolute Gasteiger partial charge is 0.497 e. The molecule has 1 N–H and O–H groups in total. The van der Waals surface area contributed by atoms with Crippen LogP contribution in [0, 0.1) is 6.92 Å². The highest BCUT2D eigenvalue weighted by Crippen LogP contribution is 2.33. The van der Waals surface area contributed by atoms with Crippen LogP contribution in [0.25, 0.3) is 0 Å². The molecule has 1 heterocycles. The Morgan fingerprint density at radius 2 is 2.04 bits per heavy atom. The second-order valence-electron chi connectivity index (χ2n) is 8.14. The van der Waals surface area contributed by atoms with E-state index in [0.29, 0.717) is 6.42 Å². The molecule has 150 valence electrons. The number of ether oxygens (including phenoxy) is 2. The summed E-state index contributed by atoms with van der Waals surface area (Å²) in [5, 5.41) is 8.95. The van der Waals surface area contributed by atoms with E-state index in [-0.39, 0.29) is 12.0 Å². The van der Waals surface area contributed by atoms with Gasteiger partial charge in [0.1, 0.15) is 17.1 Å². The predicted molar refractivity (Wildman–Crippen MR) is 109 cm³/mol. The molecule has 2 aromatic rings. The van der Waals surface area contributed by atoms with Crippen molar-refractivity contribution >= 4 is 5.97 Å². The zero-order valence-corrected chi connectivity index (χ0v) is 17.1. The van der Waals surface area contributed by atoms with E-state index in [9.17, 15) is 4.79 Å². The maximum Gasteiger partial charge on any atom is 0.303 e. The molecule has 0 radical (unpaired) electrons. The molecule has 0 atom stereocenters. The summed E-state index contributed by atoms with van der Waals surface area (Å²) in [4.78, 5) is 13.3. The van der Waals surface area contributed by atoms with E-state index in [0.717, 1.165) is 42.3 Å². The highest BCUT2D eigenvalue weighted by Gasteiger charge is 2.29. The number of methoxy groups -OCH3 is 1. The van der Waals surface area contributed by atoms with E-state index < -0.39 is 5.97 Å². The van der Waals surface area contributed by atoms with Gasteiger partial charge in [-0.25, -0.2) is 0 Å². The van der Waals surface area contributed by atoms with Crippen LogP contribution in [-0.2, 0) is 24.3 Å². The number of benzene rings is 2. The third-order valence-corrected chi connectivity index (χ3v) is 5.09. The molecule has 1 aliphatic rings. The number of aryl methyl sites for hydroxylation is 2. The first-order valence-corrected chi connectivity index (χ1v) is 9.64. The molecule has 5 heteroatoms. The van der Waals surface area contributed by atoms with Gasteiger partial charge in [-0.05, 0) is 62.1 Å². The zero-order chi connectivity index (χ0) is 20.3. The average molecular weight is 383 g/mol. The third kappa shape index (κ3) is 5.04. The van der Waals surface area contributed by atoms with Crippen LogP contribution in [0.15, 0.2) is 36.4 Å². The van der Waals surface area contributed by atoms with Crippen molar-refractivity contribution in [2.75, 3.05) is 13.7 Å². The average Bonchev–Trinajstić information content (AvgIpc) is 2.75. The number of carboxylic acid groups (broad SMARTS) is 1. The van der Waals surface area contributed by atoms with Crippen molar-refractivity contribution in [3.63, 3.8) is 0 Å². The van der Waals surface area contributed by atoms with Crippen molar-refractivity contribution in [1.82, 2.24) is 4.90 Å². The summed E-state index contributed by atoms with van der Waals surface area (Å²) < 4.78 is 11.7. The molecule has 5 nitrogen and oxygen atoms in total. The van der Waals surface area contributed by atoms with Crippen molar-refractivity contribution in [1.29, 1.82) is 0 Å². The molecular weight excluding hydrogens is 354 g/mol. The number of fused-ring (bicyclic) bond motifs is 1. The van der Waals surface area contributed by atoms with Gasteiger partial charge in [0.15, 0.2) is 0 Å². The van der Waals surface area contributed by atoms with Crippen LogP contribution in [0.2, 0.25) is 0 Å². The van der Waals surface area contributed by atoms with Crippen LogP contribution in [0.3, 0.4) is 0 Å². The molecule has 0 saturated heterocycles. The Hall–Kier alpha value is -2.53. The van der Waals surface area contributed by atoms with Crippen LogP contribution in [0.1, 0.15) is 42.5 Å². The number of nitrogens with zero attached hydrogens (tertiary/aromatic N) is 1. The Bertz CT molecular complexity index is 860. The number of carboxylic acids is 1. The monoisotopic (exact) mass is 383 g/mol. The molecule has 3 rings (SSSR count). The summed E-state index contributed by atoms with van der Waals surface area (Å²) in [6.45, 7) is 8.67. The molecule has 0 spiro atoms. The van der Waals surface area contributed by atoms with E-state index in [2.05, 4.69) is 37.8 Å². The van der Waals surface area contributed by atoms with Gasteiger partial charge in [-0.3, -0.25) is 9.69 Å². The molecule has 28 heavy (non-hydrogen) atoms. The molecule has 1 aliphatic heterocycles. The number of hydrogen-bond acceptors (Lipinski definition) is 4. The third-order valence-electron chi connectivity index (χ3n) is 5.09. The first-order chi connectivity index (χ1) is 13.3. The van der Waals surface area contributed by atoms with Crippen LogP contribution >= 0.6 is 0 Å². The summed E-state index contributed by atoms with van der Waals surface area (Å²) in [6.07, 6.45) is 0.706. The van der Waals surface area contributed by atoms with Gasteiger partial charge in [0.05, 0.1) is 7.11 Å². The second-order valence-corrected chi connectivity index (χ2v) is 8.14. The molecule has 0 unspecified atom stereocenters. The van der Waals surface area contributed by atoms with E-state index in [1.54, 1.807) is 7.11 Å². The SMILES string of the molecule is COc1ccc2c(c1)CN(Cc1cc(CCC(=O)O)ccc1C)CC(C)(C)O2. The zero-order valence-electron chi connectivity index (χ0n) is 17.1. The normalized spacial score (nSPS) is 16.0. The quantitative estimate of drug-likeness (QED) is 0.810. The molecule has 2 aromatic carbocycles. The fraction of sp³-hybridized carbons (Fsp3) is 0.435. The summed E-state index contributed by atoms with van der Waals surface area (Å²) >= 11 is 0. The van der Waals surface area contributed by atoms with Gasteiger partial charge in [0.2, 0.25) is 0 Å².